The summed E-state index contributed by atoms with van der Waals surface area (Å²) in [6.45, 7) is 15.0. The van der Waals surface area contributed by atoms with Crippen molar-refractivity contribution >= 4 is 67.2 Å². The van der Waals surface area contributed by atoms with Crippen molar-refractivity contribution in [3.8, 4) is 0 Å². The van der Waals surface area contributed by atoms with Gasteiger partial charge in [-0.2, -0.15) is 18.1 Å². The normalized spacial score (nSPS) is 11.6. The highest BCUT2D eigenvalue weighted by Gasteiger charge is 2.13. The molecule has 12 aromatic rings. The molecule has 12 heterocycles. The molecule has 0 aromatic carbocycles. The van der Waals surface area contributed by atoms with Crippen molar-refractivity contribution in [2.45, 2.75) is 55.4 Å². The fraction of sp³-hybridized carbons (Fsp3) is 0.250. The summed E-state index contributed by atoms with van der Waals surface area (Å²) >= 11 is 0. The molecular formula is C32H32N24. The van der Waals surface area contributed by atoms with Crippen LogP contribution >= 0.6 is 0 Å². The van der Waals surface area contributed by atoms with Gasteiger partial charge in [-0.05, 0) is 55.4 Å². The van der Waals surface area contributed by atoms with E-state index in [0.29, 0.717) is 22.6 Å². The highest BCUT2D eigenvalue weighted by atomic mass is 15.4. The summed E-state index contributed by atoms with van der Waals surface area (Å²) in [5.74, 6) is 6.10. The summed E-state index contributed by atoms with van der Waals surface area (Å²) in [6, 6.07) is 0. The fourth-order valence-corrected chi connectivity index (χ4v) is 6.16. The van der Waals surface area contributed by atoms with Crippen LogP contribution in [0.4, 0.5) is 0 Å². The van der Waals surface area contributed by atoms with Crippen LogP contribution in [0.2, 0.25) is 0 Å². The standard InChI is InChI=1S/4C8H8N6/c4*1-4-11-8-6-7(10-3-9-6)12-5(2)14(8)13-4/h4*3H,1-2H3,(H,9,10). The molecule has 280 valence electrons. The molecule has 56 heavy (non-hydrogen) atoms. The van der Waals surface area contributed by atoms with Crippen LogP contribution in [0.5, 0.6) is 0 Å². The third kappa shape index (κ3) is 5.71. The predicted molar refractivity (Wildman–Crippen MR) is 200 cm³/mol. The second kappa shape index (κ2) is 12.9. The Morgan fingerprint density at radius 1 is 0.321 bits per heavy atom. The first-order valence-electron chi connectivity index (χ1n) is 17.1. The topological polar surface area (TPSA) is 287 Å². The van der Waals surface area contributed by atoms with Crippen molar-refractivity contribution in [1.29, 1.82) is 0 Å². The molecule has 0 fully saturated rings. The molecule has 0 unspecified atom stereocenters. The van der Waals surface area contributed by atoms with E-state index in [1.165, 1.54) is 0 Å². The van der Waals surface area contributed by atoms with Gasteiger partial charge in [0, 0.05) is 0 Å². The Morgan fingerprint density at radius 2 is 0.536 bits per heavy atom. The van der Waals surface area contributed by atoms with Crippen LogP contribution < -0.4 is 0 Å². The van der Waals surface area contributed by atoms with Gasteiger partial charge in [-0.3, -0.25) is 0 Å². The number of nitrogens with zero attached hydrogens (tertiary/aromatic N) is 20. The fourth-order valence-electron chi connectivity index (χ4n) is 6.16. The van der Waals surface area contributed by atoms with E-state index in [1.807, 2.05) is 55.4 Å². The number of hydrogen-bond acceptors (Lipinski definition) is 16. The van der Waals surface area contributed by atoms with Crippen molar-refractivity contribution in [3.05, 3.63) is 71.9 Å². The lowest BCUT2D eigenvalue weighted by molar-refractivity contribution is 0.857. The molecule has 0 atom stereocenters. The maximum Gasteiger partial charge on any atom is 0.185 e. The van der Waals surface area contributed by atoms with E-state index in [-0.39, 0.29) is 0 Å². The summed E-state index contributed by atoms with van der Waals surface area (Å²) in [7, 11) is 0. The first-order chi connectivity index (χ1) is 27.0. The Labute approximate surface area is 312 Å². The summed E-state index contributed by atoms with van der Waals surface area (Å²) in [5, 5.41) is 17.0. The molecule has 0 bridgehead atoms. The second-order valence-corrected chi connectivity index (χ2v) is 12.6. The molecule has 12 aromatic heterocycles. The van der Waals surface area contributed by atoms with Gasteiger partial charge in [0.15, 0.2) is 45.2 Å². The maximum absolute atomic E-state index is 4.31. The van der Waals surface area contributed by atoms with E-state index in [2.05, 4.69) is 100 Å². The average molecular weight is 753 g/mol. The van der Waals surface area contributed by atoms with E-state index < -0.39 is 0 Å². The van der Waals surface area contributed by atoms with E-state index in [0.717, 1.165) is 91.3 Å². The number of nitrogens with one attached hydrogen (secondary N) is 4. The van der Waals surface area contributed by atoms with Crippen molar-refractivity contribution in [2.75, 3.05) is 0 Å². The largest absolute Gasteiger partial charge is 0.340 e. The van der Waals surface area contributed by atoms with E-state index in [1.54, 1.807) is 43.4 Å². The van der Waals surface area contributed by atoms with E-state index >= 15 is 0 Å². The summed E-state index contributed by atoms with van der Waals surface area (Å²) < 4.78 is 6.87. The van der Waals surface area contributed by atoms with Gasteiger partial charge in [-0.25, -0.2) is 59.8 Å². The Bertz CT molecular complexity index is 2930. The molecule has 24 heteroatoms. The Kier molecular flexibility index (Phi) is 7.80. The van der Waals surface area contributed by atoms with Gasteiger partial charge in [0.1, 0.15) is 68.7 Å². The average Bonchev–Trinajstić information content (AvgIpc) is 3.99. The van der Waals surface area contributed by atoms with Crippen LogP contribution in [0.3, 0.4) is 0 Å². The zero-order valence-electron chi connectivity index (χ0n) is 31.3. The smallest absolute Gasteiger partial charge is 0.185 e. The molecule has 0 saturated carbocycles. The number of aromatic amines is 4. The lowest BCUT2D eigenvalue weighted by Gasteiger charge is -1.96. The summed E-state index contributed by atoms with van der Waals surface area (Å²) in [4.78, 5) is 62.8. The first kappa shape index (κ1) is 33.9. The van der Waals surface area contributed by atoms with Crippen LogP contribution in [0.25, 0.3) is 67.2 Å². The molecule has 12 rings (SSSR count). The third-order valence-electron chi connectivity index (χ3n) is 8.52. The summed E-state index contributed by atoms with van der Waals surface area (Å²) in [5.41, 5.74) is 9.17. The maximum atomic E-state index is 4.31. The lowest BCUT2D eigenvalue weighted by atomic mass is 10.5. The van der Waals surface area contributed by atoms with E-state index in [4.69, 9.17) is 0 Å². The van der Waals surface area contributed by atoms with Crippen LogP contribution in [-0.2, 0) is 0 Å². The minimum Gasteiger partial charge on any atom is -0.340 e. The Balaban J connectivity index is 0.0000000975. The molecule has 0 aliphatic heterocycles. The molecule has 0 radical (unpaired) electrons. The number of aromatic nitrogens is 24. The third-order valence-corrected chi connectivity index (χ3v) is 8.52. The number of aryl methyl sites for hydroxylation is 8. The minimum atomic E-state index is 0.683. The number of rotatable bonds is 0. The van der Waals surface area contributed by atoms with Gasteiger partial charge in [-0.1, -0.05) is 0 Å². The number of hydrogen-bond donors (Lipinski definition) is 4. The molecule has 0 aliphatic carbocycles. The van der Waals surface area contributed by atoms with Crippen molar-refractivity contribution in [2.24, 2.45) is 0 Å². The quantitative estimate of drug-likeness (QED) is 0.173. The van der Waals surface area contributed by atoms with Gasteiger partial charge >= 0.3 is 0 Å². The van der Waals surface area contributed by atoms with Crippen molar-refractivity contribution in [1.82, 2.24) is 118 Å². The predicted octanol–water partition coefficient (Wildman–Crippen LogP) is 2.47. The van der Waals surface area contributed by atoms with Crippen LogP contribution in [-0.4, -0.2) is 118 Å². The molecule has 0 spiro atoms. The van der Waals surface area contributed by atoms with E-state index in [9.17, 15) is 0 Å². The van der Waals surface area contributed by atoms with Gasteiger partial charge in [-0.15, -0.1) is 20.4 Å². The molecule has 0 amide bonds. The highest BCUT2D eigenvalue weighted by molar-refractivity contribution is 5.86. The minimum absolute atomic E-state index is 0.683. The van der Waals surface area contributed by atoms with Crippen LogP contribution in [0, 0.1) is 55.4 Å². The zero-order chi connectivity index (χ0) is 38.8. The molecule has 0 aliphatic rings. The second-order valence-electron chi connectivity index (χ2n) is 12.6. The van der Waals surface area contributed by atoms with Gasteiger partial charge in [0.25, 0.3) is 0 Å². The molecule has 4 N–H and O–H groups in total. The molecule has 24 nitrogen and oxygen atoms in total. The molecular weight excluding hydrogens is 721 g/mol. The van der Waals surface area contributed by atoms with Crippen LogP contribution in [0.1, 0.15) is 46.6 Å². The van der Waals surface area contributed by atoms with Crippen molar-refractivity contribution in [3.63, 3.8) is 0 Å². The van der Waals surface area contributed by atoms with Gasteiger partial charge < -0.3 is 19.9 Å². The number of fused-ring (bicyclic) bond motifs is 12. The number of imidazole rings is 4. The number of H-pyrrole nitrogens is 4. The SMILES string of the molecule is Cc1nc2c3[nH]cnc3nc(C)n2n1.Cc1nc2c3[nH]cnc3nc(C)n2n1.Cc1nc2c3[nH]cnc3nc(C)n2n1.Cc1nc2c3[nH]cnc3nc(C)n2n1. The van der Waals surface area contributed by atoms with Gasteiger partial charge in [0.2, 0.25) is 0 Å². The Morgan fingerprint density at radius 3 is 0.750 bits per heavy atom. The highest BCUT2D eigenvalue weighted by Crippen LogP contribution is 2.17. The summed E-state index contributed by atoms with van der Waals surface area (Å²) in [6.07, 6.45) is 6.45. The monoisotopic (exact) mass is 752 g/mol. The first-order valence-corrected chi connectivity index (χ1v) is 17.1. The van der Waals surface area contributed by atoms with Crippen molar-refractivity contribution < 1.29 is 0 Å². The lowest BCUT2D eigenvalue weighted by Crippen LogP contribution is -1.98. The van der Waals surface area contributed by atoms with Gasteiger partial charge in [0.05, 0.1) is 25.3 Å². The van der Waals surface area contributed by atoms with Crippen LogP contribution in [0.15, 0.2) is 25.3 Å². The Hall–Kier alpha value is -7.92. The zero-order valence-corrected chi connectivity index (χ0v) is 31.3. The molecule has 0 saturated heterocycles.